The topological polar surface area (TPSA) is 82.7 Å². The zero-order chi connectivity index (χ0) is 19.3. The Kier molecular flexibility index (Phi) is 3.91. The van der Waals surface area contributed by atoms with Gasteiger partial charge in [-0.25, -0.2) is 14.4 Å². The molecular weight excluding hydrogens is 345 g/mol. The molecule has 1 amide bonds. The first-order chi connectivity index (χ1) is 12.7. The van der Waals surface area contributed by atoms with Gasteiger partial charge in [0, 0.05) is 24.2 Å². The molecule has 7 heteroatoms. The van der Waals surface area contributed by atoms with E-state index in [0.29, 0.717) is 46.6 Å². The second kappa shape index (κ2) is 6.04. The third-order valence-electron chi connectivity index (χ3n) is 4.53. The van der Waals surface area contributed by atoms with E-state index < -0.39 is 5.82 Å². The minimum Gasteiger partial charge on any atom is -0.364 e. The molecule has 3 N–H and O–H groups in total. The van der Waals surface area contributed by atoms with Crippen LogP contribution in [0.15, 0.2) is 18.2 Å². The first-order valence-corrected chi connectivity index (χ1v) is 8.98. The van der Waals surface area contributed by atoms with E-state index in [0.717, 1.165) is 11.4 Å². The number of carbonyl (C=O) groups is 1. The van der Waals surface area contributed by atoms with Crippen LogP contribution in [0.25, 0.3) is 22.3 Å². The van der Waals surface area contributed by atoms with Gasteiger partial charge < -0.3 is 15.6 Å². The molecule has 2 aromatic heterocycles. The number of hydrogen-bond donors (Lipinski definition) is 3. The Balaban J connectivity index is 1.93. The van der Waals surface area contributed by atoms with Gasteiger partial charge in [0.15, 0.2) is 0 Å². The van der Waals surface area contributed by atoms with E-state index in [1.807, 2.05) is 27.7 Å². The predicted octanol–water partition coefficient (Wildman–Crippen LogP) is 3.57. The lowest BCUT2D eigenvalue weighted by Gasteiger charge is -2.22. The fraction of sp³-hybridized carbons (Fsp3) is 0.350. The number of H-pyrrole nitrogens is 1. The summed E-state index contributed by atoms with van der Waals surface area (Å²) in [5.41, 5.74) is 3.87. The smallest absolute Gasteiger partial charge is 0.253 e. The quantitative estimate of drug-likeness (QED) is 0.647. The van der Waals surface area contributed by atoms with E-state index in [1.165, 1.54) is 6.07 Å². The van der Waals surface area contributed by atoms with Crippen molar-refractivity contribution in [1.82, 2.24) is 20.3 Å². The summed E-state index contributed by atoms with van der Waals surface area (Å²) in [7, 11) is 0. The second-order valence-electron chi connectivity index (χ2n) is 7.90. The lowest BCUT2D eigenvalue weighted by atomic mass is 10.1. The van der Waals surface area contributed by atoms with E-state index in [4.69, 9.17) is 0 Å². The number of fused-ring (bicyclic) bond motifs is 2. The molecule has 0 saturated carbocycles. The van der Waals surface area contributed by atoms with Crippen molar-refractivity contribution >= 4 is 22.8 Å². The van der Waals surface area contributed by atoms with Gasteiger partial charge in [-0.1, -0.05) is 0 Å². The van der Waals surface area contributed by atoms with Crippen molar-refractivity contribution in [2.75, 3.05) is 11.9 Å². The van der Waals surface area contributed by atoms with Gasteiger partial charge in [-0.2, -0.15) is 0 Å². The third-order valence-corrected chi connectivity index (χ3v) is 4.53. The lowest BCUT2D eigenvalue weighted by molar-refractivity contribution is 0.0946. The zero-order valence-corrected chi connectivity index (χ0v) is 15.8. The molecule has 0 unspecified atom stereocenters. The minimum atomic E-state index is -0.402. The zero-order valence-electron chi connectivity index (χ0n) is 15.8. The van der Waals surface area contributed by atoms with Crippen molar-refractivity contribution in [3.05, 3.63) is 41.0 Å². The SMILES string of the molecule is Cc1nc2ccc(F)c(-c3cc4c([nH]3)CCNC4=O)c2nc1NC(C)(C)C. The summed E-state index contributed by atoms with van der Waals surface area (Å²) < 4.78 is 14.8. The van der Waals surface area contributed by atoms with Crippen molar-refractivity contribution in [2.45, 2.75) is 39.7 Å². The van der Waals surface area contributed by atoms with Gasteiger partial charge >= 0.3 is 0 Å². The fourth-order valence-electron chi connectivity index (χ4n) is 3.34. The highest BCUT2D eigenvalue weighted by atomic mass is 19.1. The second-order valence-corrected chi connectivity index (χ2v) is 7.90. The number of rotatable bonds is 2. The molecule has 27 heavy (non-hydrogen) atoms. The Hall–Kier alpha value is -2.96. The molecule has 0 saturated heterocycles. The normalized spacial score (nSPS) is 14.2. The highest BCUT2D eigenvalue weighted by Crippen LogP contribution is 2.32. The van der Waals surface area contributed by atoms with Gasteiger partial charge in [0.1, 0.15) is 17.2 Å². The Morgan fingerprint density at radius 2 is 2.00 bits per heavy atom. The first-order valence-electron chi connectivity index (χ1n) is 8.98. The molecule has 1 aliphatic heterocycles. The number of aromatic amines is 1. The van der Waals surface area contributed by atoms with E-state index in [-0.39, 0.29) is 11.4 Å². The summed E-state index contributed by atoms with van der Waals surface area (Å²) >= 11 is 0. The molecule has 6 nitrogen and oxygen atoms in total. The molecule has 0 bridgehead atoms. The van der Waals surface area contributed by atoms with E-state index in [9.17, 15) is 9.18 Å². The van der Waals surface area contributed by atoms with Crippen LogP contribution >= 0.6 is 0 Å². The molecule has 3 aromatic rings. The van der Waals surface area contributed by atoms with Crippen LogP contribution in [0.3, 0.4) is 0 Å². The van der Waals surface area contributed by atoms with Gasteiger partial charge in [-0.3, -0.25) is 4.79 Å². The summed E-state index contributed by atoms with van der Waals surface area (Å²) in [6.45, 7) is 8.54. The van der Waals surface area contributed by atoms with Crippen LogP contribution in [0.1, 0.15) is 42.5 Å². The van der Waals surface area contributed by atoms with Gasteiger partial charge in [-0.05, 0) is 45.9 Å². The highest BCUT2D eigenvalue weighted by molar-refractivity contribution is 5.99. The minimum absolute atomic E-state index is 0.142. The van der Waals surface area contributed by atoms with Crippen LogP contribution in [0.4, 0.5) is 10.2 Å². The monoisotopic (exact) mass is 367 g/mol. The van der Waals surface area contributed by atoms with E-state index in [1.54, 1.807) is 12.1 Å². The largest absolute Gasteiger partial charge is 0.364 e. The first kappa shape index (κ1) is 17.5. The molecule has 0 spiro atoms. The van der Waals surface area contributed by atoms with Gasteiger partial charge in [-0.15, -0.1) is 0 Å². The Labute approximate surface area is 156 Å². The predicted molar refractivity (Wildman–Crippen MR) is 103 cm³/mol. The lowest BCUT2D eigenvalue weighted by Crippen LogP contribution is -2.31. The molecule has 1 aromatic carbocycles. The van der Waals surface area contributed by atoms with E-state index >= 15 is 0 Å². The van der Waals surface area contributed by atoms with Crippen LogP contribution < -0.4 is 10.6 Å². The number of carbonyl (C=O) groups excluding carboxylic acids is 1. The van der Waals surface area contributed by atoms with Crippen LogP contribution in [0.2, 0.25) is 0 Å². The molecule has 1 aliphatic rings. The Morgan fingerprint density at radius 3 is 2.70 bits per heavy atom. The number of aryl methyl sites for hydroxylation is 1. The summed E-state index contributed by atoms with van der Waals surface area (Å²) in [6.07, 6.45) is 0.690. The van der Waals surface area contributed by atoms with Gasteiger partial charge in [0.25, 0.3) is 5.91 Å². The maximum absolute atomic E-state index is 14.8. The number of halogens is 1. The van der Waals surface area contributed by atoms with Gasteiger partial charge in [0.05, 0.1) is 28.0 Å². The molecule has 140 valence electrons. The van der Waals surface area contributed by atoms with Gasteiger partial charge in [0.2, 0.25) is 0 Å². The molecule has 4 rings (SSSR count). The summed E-state index contributed by atoms with van der Waals surface area (Å²) in [4.78, 5) is 24.6. The molecule has 3 heterocycles. The van der Waals surface area contributed by atoms with Crippen molar-refractivity contribution in [3.63, 3.8) is 0 Å². The molecular formula is C20H22FN5O. The van der Waals surface area contributed by atoms with Crippen molar-refractivity contribution in [3.8, 4) is 11.3 Å². The maximum atomic E-state index is 14.8. The molecule has 0 aliphatic carbocycles. The fourth-order valence-corrected chi connectivity index (χ4v) is 3.34. The standard InChI is InChI=1S/C20H22FN5O/c1-10-18(26-20(2,3)4)25-17-14(23-10)6-5-12(21)16(17)15-9-11-13(24-15)7-8-22-19(11)27/h5-6,9,24H,7-8H2,1-4H3,(H,22,27)(H,25,26). The van der Waals surface area contributed by atoms with Crippen LogP contribution in [-0.2, 0) is 6.42 Å². The number of hydrogen-bond acceptors (Lipinski definition) is 4. The van der Waals surface area contributed by atoms with Crippen molar-refractivity contribution in [1.29, 1.82) is 0 Å². The maximum Gasteiger partial charge on any atom is 0.253 e. The van der Waals surface area contributed by atoms with E-state index in [2.05, 4.69) is 25.6 Å². The summed E-state index contributed by atoms with van der Waals surface area (Å²) in [5.74, 6) is 0.0775. The molecule has 0 fully saturated rings. The Bertz CT molecular complexity index is 1060. The number of nitrogens with zero attached hydrogens (tertiary/aromatic N) is 2. The molecule has 0 radical (unpaired) electrons. The third kappa shape index (κ3) is 3.13. The summed E-state index contributed by atoms with van der Waals surface area (Å²) in [6, 6.07) is 4.72. The number of benzene rings is 1. The van der Waals surface area contributed by atoms with Crippen molar-refractivity contribution < 1.29 is 9.18 Å². The highest BCUT2D eigenvalue weighted by Gasteiger charge is 2.23. The average Bonchev–Trinajstić information content (AvgIpc) is 3.00. The van der Waals surface area contributed by atoms with Crippen LogP contribution in [0.5, 0.6) is 0 Å². The van der Waals surface area contributed by atoms with Crippen LogP contribution in [-0.4, -0.2) is 32.9 Å². The number of aromatic nitrogens is 3. The average molecular weight is 367 g/mol. The van der Waals surface area contributed by atoms with Crippen molar-refractivity contribution in [2.24, 2.45) is 0 Å². The number of amides is 1. The number of nitrogens with one attached hydrogen (secondary N) is 3. The Morgan fingerprint density at radius 1 is 1.22 bits per heavy atom. The summed E-state index contributed by atoms with van der Waals surface area (Å²) in [5, 5.41) is 6.13. The number of anilines is 1. The van der Waals surface area contributed by atoms with Crippen LogP contribution in [0, 0.1) is 12.7 Å². The molecule has 0 atom stereocenters.